The monoisotopic (exact) mass is 339 g/mol. The van der Waals surface area contributed by atoms with Crippen LogP contribution < -0.4 is 4.48 Å². The van der Waals surface area contributed by atoms with E-state index in [0.29, 0.717) is 24.4 Å². The molecular weight excluding hydrogens is 316 g/mol. The highest BCUT2D eigenvalue weighted by atomic mass is 16.6. The van der Waals surface area contributed by atoms with Gasteiger partial charge in [-0.1, -0.05) is 12.1 Å². The Bertz CT molecular complexity index is 773. The van der Waals surface area contributed by atoms with Gasteiger partial charge < -0.3 is 4.74 Å². The summed E-state index contributed by atoms with van der Waals surface area (Å²) >= 11 is 0. The molecule has 3 atom stereocenters. The van der Waals surface area contributed by atoms with E-state index in [9.17, 15) is 9.59 Å². The molecule has 0 spiro atoms. The number of amides is 1. The van der Waals surface area contributed by atoms with E-state index in [1.54, 1.807) is 0 Å². The molecule has 6 rings (SSSR count). The Morgan fingerprint density at radius 2 is 1.88 bits per heavy atom. The van der Waals surface area contributed by atoms with E-state index in [2.05, 4.69) is 4.90 Å². The number of quaternary nitrogens is 1. The minimum Gasteiger partial charge on any atom is -0.416 e. The number of nitrogens with zero attached hydrogens (tertiary/aromatic N) is 2. The van der Waals surface area contributed by atoms with Gasteiger partial charge in [0.15, 0.2) is 5.69 Å². The van der Waals surface area contributed by atoms with E-state index in [1.165, 1.54) is 0 Å². The summed E-state index contributed by atoms with van der Waals surface area (Å²) in [5, 5.41) is 0. The van der Waals surface area contributed by atoms with Crippen molar-refractivity contribution >= 4 is 23.6 Å². The number of ketones is 1. The first kappa shape index (κ1) is 15.3. The van der Waals surface area contributed by atoms with Crippen LogP contribution in [0.25, 0.3) is 6.08 Å². The zero-order valence-corrected chi connectivity index (χ0v) is 14.4. The maximum absolute atomic E-state index is 13.0. The van der Waals surface area contributed by atoms with Gasteiger partial charge in [-0.25, -0.2) is 0 Å². The molecule has 1 amide bonds. The van der Waals surface area contributed by atoms with Gasteiger partial charge in [0.05, 0.1) is 13.6 Å². The zero-order chi connectivity index (χ0) is 17.2. The van der Waals surface area contributed by atoms with Gasteiger partial charge in [-0.2, -0.15) is 9.28 Å². The number of rotatable bonds is 1. The molecule has 0 saturated carbocycles. The van der Waals surface area contributed by atoms with Crippen molar-refractivity contribution in [3.63, 3.8) is 0 Å². The van der Waals surface area contributed by atoms with Crippen LogP contribution in [0.4, 0.5) is 10.5 Å². The molecule has 4 saturated heterocycles. The number of carbonyl (C=O) groups is 2. The summed E-state index contributed by atoms with van der Waals surface area (Å²) in [6, 6.07) is 8.76. The molecule has 0 N–H and O–H groups in total. The van der Waals surface area contributed by atoms with Gasteiger partial charge in [-0.05, 0) is 18.9 Å². The molecule has 1 aromatic rings. The molecule has 5 nitrogen and oxygen atoms in total. The number of hydrogen-bond donors (Lipinski definition) is 0. The van der Waals surface area contributed by atoms with Crippen LogP contribution in [-0.2, 0) is 9.53 Å². The summed E-state index contributed by atoms with van der Waals surface area (Å²) in [6.07, 6.45) is 7.25. The lowest BCUT2D eigenvalue weighted by atomic mass is 9.72. The number of carbonyl (C=O) groups excluding carboxylic acids is 2. The van der Waals surface area contributed by atoms with Gasteiger partial charge in [0.25, 0.3) is 0 Å². The zero-order valence-electron chi connectivity index (χ0n) is 14.4. The second-order valence-electron chi connectivity index (χ2n) is 8.04. The molecule has 4 bridgehead atoms. The van der Waals surface area contributed by atoms with Gasteiger partial charge >= 0.3 is 6.09 Å². The highest BCUT2D eigenvalue weighted by molar-refractivity contribution is 5.91. The predicted molar refractivity (Wildman–Crippen MR) is 94.7 cm³/mol. The first-order chi connectivity index (χ1) is 12.0. The van der Waals surface area contributed by atoms with Gasteiger partial charge in [-0.15, -0.1) is 0 Å². The molecule has 4 fully saturated rings. The molecule has 130 valence electrons. The van der Waals surface area contributed by atoms with Crippen molar-refractivity contribution in [2.75, 3.05) is 13.6 Å². The summed E-state index contributed by atoms with van der Waals surface area (Å²) in [7, 11) is 1.89. The fourth-order valence-corrected chi connectivity index (χ4v) is 5.19. The minimum atomic E-state index is -0.206. The van der Waals surface area contributed by atoms with E-state index in [-0.39, 0.29) is 22.6 Å². The summed E-state index contributed by atoms with van der Waals surface area (Å²) in [5.74, 6) is 0.648. The highest BCUT2D eigenvalue weighted by Crippen LogP contribution is 2.43. The molecule has 5 aliphatic heterocycles. The third-order valence-electron chi connectivity index (χ3n) is 6.55. The van der Waals surface area contributed by atoms with Crippen molar-refractivity contribution in [3.8, 4) is 0 Å². The van der Waals surface area contributed by atoms with Crippen molar-refractivity contribution in [2.45, 2.75) is 43.9 Å². The maximum atomic E-state index is 13.0. The van der Waals surface area contributed by atoms with E-state index in [1.807, 2.05) is 43.6 Å². The second kappa shape index (κ2) is 5.26. The smallest absolute Gasteiger partial charge is 0.416 e. The minimum absolute atomic E-state index is 0.0379. The summed E-state index contributed by atoms with van der Waals surface area (Å²) in [5.41, 5.74) is 2.04. The lowest BCUT2D eigenvalue weighted by Gasteiger charge is -2.54. The first-order valence-corrected chi connectivity index (χ1v) is 9.19. The number of Topliss-reactive ketones (excluding diaryl/α,β-unsaturated/α-hetero) is 1. The number of para-hydroxylation sites is 1. The Labute approximate surface area is 147 Å². The summed E-state index contributed by atoms with van der Waals surface area (Å²) < 4.78 is 6.05. The van der Waals surface area contributed by atoms with E-state index in [4.69, 9.17) is 4.74 Å². The van der Waals surface area contributed by atoms with E-state index >= 15 is 0 Å². The van der Waals surface area contributed by atoms with Crippen LogP contribution in [0.5, 0.6) is 0 Å². The summed E-state index contributed by atoms with van der Waals surface area (Å²) in [6.45, 7) is 0.602. The molecule has 3 unspecified atom stereocenters. The number of fused-ring (bicyclic) bond motifs is 2. The third kappa shape index (κ3) is 2.22. The Kier molecular flexibility index (Phi) is 3.21. The lowest BCUT2D eigenvalue weighted by molar-refractivity contribution is -0.145. The average Bonchev–Trinajstić information content (AvgIpc) is 2.94. The van der Waals surface area contributed by atoms with Crippen LogP contribution in [0.2, 0.25) is 0 Å². The third-order valence-corrected chi connectivity index (χ3v) is 6.55. The molecule has 5 heteroatoms. The van der Waals surface area contributed by atoms with Gasteiger partial charge in [0, 0.05) is 48.5 Å². The normalized spacial score (nSPS) is 40.8. The van der Waals surface area contributed by atoms with Crippen molar-refractivity contribution < 1.29 is 14.3 Å². The van der Waals surface area contributed by atoms with E-state index < -0.39 is 0 Å². The number of piperidine rings is 4. The molecule has 0 aromatic heterocycles. The van der Waals surface area contributed by atoms with Crippen LogP contribution in [0.15, 0.2) is 30.5 Å². The average molecular weight is 339 g/mol. The first-order valence-electron chi connectivity index (χ1n) is 9.19. The number of ether oxygens (including phenoxy) is 1. The molecule has 25 heavy (non-hydrogen) atoms. The largest absolute Gasteiger partial charge is 0.526 e. The Hall–Kier alpha value is -1.98. The van der Waals surface area contributed by atoms with Crippen LogP contribution in [0.3, 0.4) is 0 Å². The Morgan fingerprint density at radius 1 is 1.16 bits per heavy atom. The second-order valence-corrected chi connectivity index (χ2v) is 8.04. The number of hydrogen-bond acceptors (Lipinski definition) is 4. The predicted octanol–water partition coefficient (Wildman–Crippen LogP) is 2.94. The fraction of sp³-hybridized carbons (Fsp3) is 0.500. The van der Waals surface area contributed by atoms with Crippen molar-refractivity contribution in [3.05, 3.63) is 36.0 Å². The molecule has 1 aromatic carbocycles. The van der Waals surface area contributed by atoms with Crippen LogP contribution in [-0.4, -0.2) is 48.6 Å². The van der Waals surface area contributed by atoms with Gasteiger partial charge in [0.1, 0.15) is 18.1 Å². The van der Waals surface area contributed by atoms with Crippen LogP contribution >= 0.6 is 0 Å². The standard InChI is InChI=1S/C20H23N2O3/c1-22(7-6-13-4-2-3-5-18(13)22)20(24)25-17-10-15-8-14-9-16(11-17)21(15)12-19(14)23/h2-7,14-17H,8-12H2,1H3/q+1. The van der Waals surface area contributed by atoms with Gasteiger partial charge in [-0.3, -0.25) is 9.69 Å². The van der Waals surface area contributed by atoms with Gasteiger partial charge in [0.2, 0.25) is 0 Å². The molecule has 0 aliphatic carbocycles. The van der Waals surface area contributed by atoms with Crippen molar-refractivity contribution in [1.82, 2.24) is 9.38 Å². The SMILES string of the molecule is C[N+]1(C(=O)OC2CC3CC4CC(C2)N3CC4=O)C=Cc2ccccc21. The Morgan fingerprint density at radius 3 is 2.60 bits per heavy atom. The van der Waals surface area contributed by atoms with E-state index in [0.717, 1.165) is 36.9 Å². The number of benzene rings is 1. The highest BCUT2D eigenvalue weighted by Gasteiger charge is 2.50. The van der Waals surface area contributed by atoms with Crippen LogP contribution in [0, 0.1) is 5.92 Å². The molecule has 0 radical (unpaired) electrons. The van der Waals surface area contributed by atoms with Crippen molar-refractivity contribution in [1.29, 1.82) is 0 Å². The lowest BCUT2D eigenvalue weighted by Crippen LogP contribution is -2.63. The maximum Gasteiger partial charge on any atom is 0.526 e. The quantitative estimate of drug-likeness (QED) is 0.738. The molecular formula is C20H23N2O3+. The van der Waals surface area contributed by atoms with Crippen LogP contribution in [0.1, 0.15) is 31.2 Å². The van der Waals surface area contributed by atoms with Crippen molar-refractivity contribution in [2.24, 2.45) is 5.92 Å². The Balaban J connectivity index is 1.32. The fourth-order valence-electron chi connectivity index (χ4n) is 5.19. The summed E-state index contributed by atoms with van der Waals surface area (Å²) in [4.78, 5) is 27.3. The topological polar surface area (TPSA) is 46.6 Å². The molecule has 5 heterocycles. The molecule has 5 aliphatic rings.